The third kappa shape index (κ3) is 6.70. The summed E-state index contributed by atoms with van der Waals surface area (Å²) in [5.74, 6) is 0.696. The van der Waals surface area contributed by atoms with Crippen LogP contribution in [0.5, 0.6) is 0 Å². The molecular weight excluding hydrogens is 309 g/mol. The van der Waals surface area contributed by atoms with Gasteiger partial charge in [0.15, 0.2) is 5.96 Å². The first kappa shape index (κ1) is 19.0. The zero-order chi connectivity index (χ0) is 17.3. The van der Waals surface area contributed by atoms with Crippen LogP contribution in [0, 0.1) is 0 Å². The molecule has 2 N–H and O–H groups in total. The Morgan fingerprint density at radius 3 is 2.70 bits per heavy atom. The van der Waals surface area contributed by atoms with Crippen LogP contribution < -0.4 is 10.6 Å². The van der Waals surface area contributed by atoms with Crippen LogP contribution in [0.3, 0.4) is 0 Å². The number of nitrogens with zero attached hydrogens (tertiary/aromatic N) is 4. The summed E-state index contributed by atoms with van der Waals surface area (Å²) in [5, 5.41) is 5.89. The van der Waals surface area contributed by atoms with Gasteiger partial charge >= 0.3 is 6.18 Å². The number of aliphatic imine (C=N–C) groups is 1. The molecule has 0 saturated heterocycles. The van der Waals surface area contributed by atoms with Crippen molar-refractivity contribution in [2.45, 2.75) is 25.9 Å². The maximum atomic E-state index is 12.5. The summed E-state index contributed by atoms with van der Waals surface area (Å²) in [6.07, 6.45) is -1.23. The van der Waals surface area contributed by atoms with Crippen molar-refractivity contribution in [3.63, 3.8) is 0 Å². The molecule has 9 heteroatoms. The van der Waals surface area contributed by atoms with Gasteiger partial charge in [-0.1, -0.05) is 13.3 Å². The third-order valence-electron chi connectivity index (χ3n) is 3.06. The molecule has 0 amide bonds. The average Bonchev–Trinajstić information content (AvgIpc) is 2.52. The highest BCUT2D eigenvalue weighted by Crippen LogP contribution is 2.27. The standard InChI is InChI=1S/C14H23F3N6/c1-4-5-10-23(3)13(18-2)21-9-8-20-12-19-7-6-11(22-12)14(15,16)17/h6-7H,4-5,8-10H2,1-3H3,(H,18,21)(H,19,20,22). The van der Waals surface area contributed by atoms with E-state index in [9.17, 15) is 13.2 Å². The molecule has 0 aliphatic carbocycles. The van der Waals surface area contributed by atoms with Crippen LogP contribution in [0.4, 0.5) is 19.1 Å². The topological polar surface area (TPSA) is 65.4 Å². The van der Waals surface area contributed by atoms with E-state index in [4.69, 9.17) is 0 Å². The Bertz CT molecular complexity index is 504. The molecule has 23 heavy (non-hydrogen) atoms. The zero-order valence-electron chi connectivity index (χ0n) is 13.6. The molecule has 0 fully saturated rings. The summed E-state index contributed by atoms with van der Waals surface area (Å²) in [6, 6.07) is 0.841. The highest BCUT2D eigenvalue weighted by molar-refractivity contribution is 5.79. The molecular formula is C14H23F3N6. The summed E-state index contributed by atoms with van der Waals surface area (Å²) in [6.45, 7) is 3.87. The van der Waals surface area contributed by atoms with E-state index in [-0.39, 0.29) is 5.95 Å². The van der Waals surface area contributed by atoms with Crippen molar-refractivity contribution in [3.8, 4) is 0 Å². The van der Waals surface area contributed by atoms with Gasteiger partial charge in [-0.15, -0.1) is 0 Å². The molecule has 0 atom stereocenters. The lowest BCUT2D eigenvalue weighted by Gasteiger charge is -2.21. The van der Waals surface area contributed by atoms with Crippen molar-refractivity contribution in [2.75, 3.05) is 39.0 Å². The third-order valence-corrected chi connectivity index (χ3v) is 3.06. The van der Waals surface area contributed by atoms with Crippen LogP contribution in [-0.4, -0.2) is 54.6 Å². The molecule has 1 aromatic rings. The monoisotopic (exact) mass is 332 g/mol. The lowest BCUT2D eigenvalue weighted by molar-refractivity contribution is -0.141. The predicted octanol–water partition coefficient (Wildman–Crippen LogP) is 2.21. The van der Waals surface area contributed by atoms with E-state index in [2.05, 4.69) is 32.5 Å². The number of halogens is 3. The first-order chi connectivity index (χ1) is 10.9. The minimum atomic E-state index is -4.47. The molecule has 0 aromatic carbocycles. The van der Waals surface area contributed by atoms with Gasteiger partial charge in [-0.05, 0) is 12.5 Å². The van der Waals surface area contributed by atoms with E-state index >= 15 is 0 Å². The van der Waals surface area contributed by atoms with Gasteiger partial charge in [-0.2, -0.15) is 13.2 Å². The van der Waals surface area contributed by atoms with Crippen LogP contribution in [-0.2, 0) is 6.18 Å². The molecule has 0 bridgehead atoms. The highest BCUT2D eigenvalue weighted by atomic mass is 19.4. The summed E-state index contributed by atoms with van der Waals surface area (Å²) < 4.78 is 37.6. The minimum Gasteiger partial charge on any atom is -0.354 e. The van der Waals surface area contributed by atoms with Crippen molar-refractivity contribution in [3.05, 3.63) is 18.0 Å². The first-order valence-corrected chi connectivity index (χ1v) is 7.44. The highest BCUT2D eigenvalue weighted by Gasteiger charge is 2.32. The molecule has 0 unspecified atom stereocenters. The van der Waals surface area contributed by atoms with Crippen LogP contribution in [0.15, 0.2) is 17.3 Å². The van der Waals surface area contributed by atoms with Crippen molar-refractivity contribution in [1.29, 1.82) is 0 Å². The fraction of sp³-hybridized carbons (Fsp3) is 0.643. The molecule has 1 heterocycles. The number of nitrogens with one attached hydrogen (secondary N) is 2. The Labute approximate surface area is 134 Å². The molecule has 0 saturated carbocycles. The maximum Gasteiger partial charge on any atom is 0.433 e. The Morgan fingerprint density at radius 2 is 2.09 bits per heavy atom. The fourth-order valence-electron chi connectivity index (χ4n) is 1.84. The maximum absolute atomic E-state index is 12.5. The van der Waals surface area contributed by atoms with Crippen LogP contribution in [0.1, 0.15) is 25.5 Å². The van der Waals surface area contributed by atoms with Gasteiger partial charge in [0, 0.05) is 39.9 Å². The predicted molar refractivity (Wildman–Crippen MR) is 84.4 cm³/mol. The van der Waals surface area contributed by atoms with E-state index in [0.29, 0.717) is 13.1 Å². The Hall–Kier alpha value is -2.06. The summed E-state index contributed by atoms with van der Waals surface area (Å²) in [4.78, 5) is 13.4. The fourth-order valence-corrected chi connectivity index (χ4v) is 1.84. The zero-order valence-corrected chi connectivity index (χ0v) is 13.6. The van der Waals surface area contributed by atoms with Crippen LogP contribution >= 0.6 is 0 Å². The molecule has 0 radical (unpaired) electrons. The van der Waals surface area contributed by atoms with E-state index in [0.717, 1.165) is 37.6 Å². The van der Waals surface area contributed by atoms with Crippen molar-refractivity contribution >= 4 is 11.9 Å². The number of hydrogen-bond acceptors (Lipinski definition) is 4. The first-order valence-electron chi connectivity index (χ1n) is 7.44. The normalized spacial score (nSPS) is 12.2. The van der Waals surface area contributed by atoms with E-state index in [1.807, 2.05) is 11.9 Å². The van der Waals surface area contributed by atoms with E-state index in [1.165, 1.54) is 0 Å². The quantitative estimate of drug-likeness (QED) is 0.455. The Kier molecular flexibility index (Phi) is 7.56. The van der Waals surface area contributed by atoms with Crippen molar-refractivity contribution < 1.29 is 13.2 Å². The van der Waals surface area contributed by atoms with Crippen molar-refractivity contribution in [1.82, 2.24) is 20.2 Å². The molecule has 0 aliphatic rings. The Balaban J connectivity index is 2.42. The number of aromatic nitrogens is 2. The SMILES string of the molecule is CCCCN(C)C(=NC)NCCNc1nccc(C(F)(F)F)n1. The average molecular weight is 332 g/mol. The van der Waals surface area contributed by atoms with Gasteiger partial charge in [-0.3, -0.25) is 4.99 Å². The van der Waals surface area contributed by atoms with Crippen molar-refractivity contribution in [2.24, 2.45) is 4.99 Å². The van der Waals surface area contributed by atoms with Gasteiger partial charge in [0.2, 0.25) is 5.95 Å². The largest absolute Gasteiger partial charge is 0.433 e. The summed E-state index contributed by atoms with van der Waals surface area (Å²) >= 11 is 0. The summed E-state index contributed by atoms with van der Waals surface area (Å²) in [5.41, 5.74) is -0.960. The van der Waals surface area contributed by atoms with Gasteiger partial charge in [0.25, 0.3) is 0 Å². The number of unbranched alkanes of at least 4 members (excludes halogenated alkanes) is 1. The second kappa shape index (κ2) is 9.16. The van der Waals surface area contributed by atoms with Gasteiger partial charge < -0.3 is 15.5 Å². The number of alkyl halides is 3. The second-order valence-corrected chi connectivity index (χ2v) is 4.94. The van der Waals surface area contributed by atoms with Crippen LogP contribution in [0.25, 0.3) is 0 Å². The van der Waals surface area contributed by atoms with Gasteiger partial charge in [0.05, 0.1) is 0 Å². The number of guanidine groups is 1. The van der Waals surface area contributed by atoms with Gasteiger partial charge in [0.1, 0.15) is 5.69 Å². The lowest BCUT2D eigenvalue weighted by atomic mass is 10.3. The van der Waals surface area contributed by atoms with E-state index < -0.39 is 11.9 Å². The number of anilines is 1. The molecule has 0 spiro atoms. The Morgan fingerprint density at radius 1 is 1.35 bits per heavy atom. The second-order valence-electron chi connectivity index (χ2n) is 4.94. The summed E-state index contributed by atoms with van der Waals surface area (Å²) in [7, 11) is 3.63. The minimum absolute atomic E-state index is 0.0454. The number of rotatable bonds is 7. The molecule has 130 valence electrons. The van der Waals surface area contributed by atoms with E-state index in [1.54, 1.807) is 7.05 Å². The smallest absolute Gasteiger partial charge is 0.354 e. The molecule has 6 nitrogen and oxygen atoms in total. The lowest BCUT2D eigenvalue weighted by Crippen LogP contribution is -2.41. The molecule has 0 aliphatic heterocycles. The van der Waals surface area contributed by atoms with Gasteiger partial charge in [-0.25, -0.2) is 9.97 Å². The van der Waals surface area contributed by atoms with Crippen LogP contribution in [0.2, 0.25) is 0 Å². The molecule has 1 rings (SSSR count). The number of hydrogen-bond donors (Lipinski definition) is 2. The molecule has 1 aromatic heterocycles.